The zero-order valence-electron chi connectivity index (χ0n) is 12.7. The largest absolute Gasteiger partial charge is 0.481 e. The summed E-state index contributed by atoms with van der Waals surface area (Å²) in [4.78, 5) is 40.9. The zero-order chi connectivity index (χ0) is 16.6. The lowest BCUT2D eigenvalue weighted by Crippen LogP contribution is -2.25. The predicted octanol–water partition coefficient (Wildman–Crippen LogP) is 1.31. The number of nitrogens with one attached hydrogen (secondary N) is 1. The van der Waals surface area contributed by atoms with Gasteiger partial charge in [0.25, 0.3) is 11.5 Å². The third-order valence-electron chi connectivity index (χ3n) is 3.97. The second kappa shape index (κ2) is 6.11. The molecule has 0 saturated carbocycles. The third-order valence-corrected chi connectivity index (χ3v) is 5.16. The molecule has 8 heteroatoms. The lowest BCUT2D eigenvalue weighted by Gasteiger charge is -2.03. The van der Waals surface area contributed by atoms with Crippen molar-refractivity contribution in [1.82, 2.24) is 14.9 Å². The number of nitrogens with zero attached hydrogens (tertiary/aromatic N) is 2. The van der Waals surface area contributed by atoms with Crippen molar-refractivity contribution in [3.8, 4) is 0 Å². The van der Waals surface area contributed by atoms with Crippen LogP contribution in [-0.2, 0) is 17.8 Å². The number of hydrogen-bond donors (Lipinski definition) is 2. The lowest BCUT2D eigenvalue weighted by molar-refractivity contribution is -0.137. The van der Waals surface area contributed by atoms with Crippen LogP contribution in [0.15, 0.2) is 4.79 Å². The van der Waals surface area contributed by atoms with Gasteiger partial charge in [-0.25, -0.2) is 4.98 Å². The number of hydrogen-bond acceptors (Lipinski definition) is 5. The first-order valence-electron chi connectivity index (χ1n) is 7.52. The smallest absolute Gasteiger partial charge is 0.303 e. The molecular weight excluding hydrogens is 318 g/mol. The molecule has 0 aromatic carbocycles. The van der Waals surface area contributed by atoms with Gasteiger partial charge in [-0.05, 0) is 25.3 Å². The van der Waals surface area contributed by atoms with E-state index in [1.807, 2.05) is 0 Å². The number of thiophene rings is 1. The highest BCUT2D eigenvalue weighted by Crippen LogP contribution is 2.28. The van der Waals surface area contributed by atoms with Gasteiger partial charge >= 0.3 is 5.97 Å². The molecule has 3 rings (SSSR count). The highest BCUT2D eigenvalue weighted by Gasteiger charge is 2.23. The minimum absolute atomic E-state index is 0.0152. The first-order chi connectivity index (χ1) is 11.0. The number of fused-ring (bicyclic) bond motifs is 2. The topological polar surface area (TPSA) is 101 Å². The molecule has 0 aliphatic carbocycles. The normalized spacial score (nSPS) is 13.3. The molecule has 23 heavy (non-hydrogen) atoms. The van der Waals surface area contributed by atoms with E-state index in [1.54, 1.807) is 11.5 Å². The highest BCUT2D eigenvalue weighted by molar-refractivity contribution is 7.20. The molecule has 0 saturated heterocycles. The summed E-state index contributed by atoms with van der Waals surface area (Å²) in [7, 11) is 0. The molecule has 1 amide bonds. The fourth-order valence-corrected chi connectivity index (χ4v) is 3.92. The molecule has 0 radical (unpaired) electrons. The summed E-state index contributed by atoms with van der Waals surface area (Å²) in [5, 5.41) is 11.8. The predicted molar refractivity (Wildman–Crippen MR) is 86.1 cm³/mol. The molecule has 1 aliphatic rings. The fourth-order valence-electron chi connectivity index (χ4n) is 2.81. The lowest BCUT2D eigenvalue weighted by atomic mass is 10.2. The van der Waals surface area contributed by atoms with Gasteiger partial charge in [0, 0.05) is 25.9 Å². The van der Waals surface area contributed by atoms with Gasteiger partial charge in [0.05, 0.1) is 10.3 Å². The van der Waals surface area contributed by atoms with Crippen LogP contribution in [0.1, 0.15) is 40.3 Å². The summed E-state index contributed by atoms with van der Waals surface area (Å²) in [5.74, 6) is -0.373. The van der Waals surface area contributed by atoms with Crippen molar-refractivity contribution in [3.63, 3.8) is 0 Å². The van der Waals surface area contributed by atoms with Gasteiger partial charge in [-0.3, -0.25) is 19.0 Å². The van der Waals surface area contributed by atoms with E-state index in [0.717, 1.165) is 18.7 Å². The number of aliphatic carboxylic acids is 1. The average molecular weight is 335 g/mol. The summed E-state index contributed by atoms with van der Waals surface area (Å²) in [6.45, 7) is 2.74. The van der Waals surface area contributed by atoms with E-state index in [9.17, 15) is 14.4 Å². The summed E-state index contributed by atoms with van der Waals surface area (Å²) in [6, 6.07) is 0. The highest BCUT2D eigenvalue weighted by atomic mass is 32.1. The van der Waals surface area contributed by atoms with Gasteiger partial charge in [-0.15, -0.1) is 11.3 Å². The Morgan fingerprint density at radius 2 is 2.22 bits per heavy atom. The third kappa shape index (κ3) is 2.86. The van der Waals surface area contributed by atoms with Gasteiger partial charge in [-0.1, -0.05) is 0 Å². The Kier molecular flexibility index (Phi) is 4.16. The van der Waals surface area contributed by atoms with Crippen LogP contribution in [0, 0.1) is 6.92 Å². The van der Waals surface area contributed by atoms with Crippen molar-refractivity contribution < 1.29 is 14.7 Å². The first kappa shape index (κ1) is 15.7. The van der Waals surface area contributed by atoms with Gasteiger partial charge in [0.1, 0.15) is 10.7 Å². The van der Waals surface area contributed by atoms with E-state index in [1.165, 1.54) is 11.3 Å². The molecular formula is C15H17N3O4S. The van der Waals surface area contributed by atoms with E-state index in [4.69, 9.17) is 5.11 Å². The van der Waals surface area contributed by atoms with Crippen molar-refractivity contribution in [2.45, 2.75) is 39.2 Å². The van der Waals surface area contributed by atoms with Gasteiger partial charge in [0.2, 0.25) is 0 Å². The molecule has 2 N–H and O–H groups in total. The maximum atomic E-state index is 12.5. The standard InChI is InChI=1S/C15H17N3O4S/c1-8-11-14(17-9-4-3-7-18(9)15(11)22)23-12(8)13(21)16-6-2-5-10(19)20/h2-7H2,1H3,(H,16,21)(H,19,20). The quantitative estimate of drug-likeness (QED) is 0.802. The molecule has 122 valence electrons. The Morgan fingerprint density at radius 3 is 2.96 bits per heavy atom. The number of aryl methyl sites for hydroxylation is 2. The summed E-state index contributed by atoms with van der Waals surface area (Å²) in [5.41, 5.74) is 0.585. The van der Waals surface area contributed by atoms with Crippen LogP contribution < -0.4 is 10.9 Å². The molecule has 0 unspecified atom stereocenters. The number of carbonyl (C=O) groups excluding carboxylic acids is 1. The van der Waals surface area contributed by atoms with Crippen LogP contribution in [0.5, 0.6) is 0 Å². The van der Waals surface area contributed by atoms with Gasteiger partial charge < -0.3 is 10.4 Å². The molecule has 0 bridgehead atoms. The van der Waals surface area contributed by atoms with Crippen molar-refractivity contribution in [3.05, 3.63) is 26.6 Å². The van der Waals surface area contributed by atoms with Crippen LogP contribution in [0.25, 0.3) is 10.2 Å². The molecule has 0 atom stereocenters. The molecule has 0 spiro atoms. The average Bonchev–Trinajstić information content (AvgIpc) is 3.09. The van der Waals surface area contributed by atoms with Crippen LogP contribution in [-0.4, -0.2) is 33.1 Å². The Balaban J connectivity index is 1.86. The number of carboxylic acids is 1. The molecule has 2 aromatic rings. The number of rotatable bonds is 5. The molecule has 1 aliphatic heterocycles. The Bertz CT molecular complexity index is 853. The van der Waals surface area contributed by atoms with Crippen LogP contribution in [0.3, 0.4) is 0 Å². The maximum absolute atomic E-state index is 12.5. The number of amides is 1. The number of carboxylic acid groups (broad SMARTS) is 1. The van der Waals surface area contributed by atoms with E-state index < -0.39 is 5.97 Å². The van der Waals surface area contributed by atoms with E-state index in [2.05, 4.69) is 10.3 Å². The van der Waals surface area contributed by atoms with Crippen LogP contribution >= 0.6 is 11.3 Å². The summed E-state index contributed by atoms with van der Waals surface area (Å²) < 4.78 is 1.69. The molecule has 2 aromatic heterocycles. The van der Waals surface area contributed by atoms with Crippen LogP contribution in [0.2, 0.25) is 0 Å². The monoisotopic (exact) mass is 335 g/mol. The first-order valence-corrected chi connectivity index (χ1v) is 8.33. The number of carbonyl (C=O) groups is 2. The minimum atomic E-state index is -0.885. The minimum Gasteiger partial charge on any atom is -0.481 e. The maximum Gasteiger partial charge on any atom is 0.303 e. The molecule has 7 nitrogen and oxygen atoms in total. The Hall–Kier alpha value is -2.22. The Morgan fingerprint density at radius 1 is 1.43 bits per heavy atom. The van der Waals surface area contributed by atoms with Crippen molar-refractivity contribution >= 4 is 33.4 Å². The zero-order valence-corrected chi connectivity index (χ0v) is 13.5. The number of aromatic nitrogens is 2. The molecule has 3 heterocycles. The van der Waals surface area contributed by atoms with Crippen molar-refractivity contribution in [1.29, 1.82) is 0 Å². The second-order valence-electron chi connectivity index (χ2n) is 5.58. The van der Waals surface area contributed by atoms with Crippen molar-refractivity contribution in [2.75, 3.05) is 6.54 Å². The molecule has 0 fully saturated rings. The van der Waals surface area contributed by atoms with Crippen LogP contribution in [0.4, 0.5) is 0 Å². The SMILES string of the molecule is Cc1c(C(=O)NCCCC(=O)O)sc2nc3n(c(=O)c12)CCC3. The summed E-state index contributed by atoms with van der Waals surface area (Å²) >= 11 is 1.22. The van der Waals surface area contributed by atoms with E-state index in [-0.39, 0.29) is 17.9 Å². The van der Waals surface area contributed by atoms with Gasteiger partial charge in [-0.2, -0.15) is 0 Å². The fraction of sp³-hybridized carbons (Fsp3) is 0.467. The van der Waals surface area contributed by atoms with E-state index >= 15 is 0 Å². The van der Waals surface area contributed by atoms with Crippen molar-refractivity contribution in [2.24, 2.45) is 0 Å². The Labute approximate surface area is 136 Å². The summed E-state index contributed by atoms with van der Waals surface area (Å²) in [6.07, 6.45) is 2.11. The second-order valence-corrected chi connectivity index (χ2v) is 6.58. The van der Waals surface area contributed by atoms with E-state index in [0.29, 0.717) is 40.2 Å². The van der Waals surface area contributed by atoms with Gasteiger partial charge in [0.15, 0.2) is 0 Å².